The Bertz CT molecular complexity index is 545. The summed E-state index contributed by atoms with van der Waals surface area (Å²) in [5.74, 6) is 0.893. The smallest absolute Gasteiger partial charge is 0.209 e. The molecule has 114 valence electrons. The third-order valence-corrected chi connectivity index (χ3v) is 3.88. The van der Waals surface area contributed by atoms with E-state index in [1.165, 1.54) is 0 Å². The van der Waals surface area contributed by atoms with Gasteiger partial charge in [0.25, 0.3) is 0 Å². The van der Waals surface area contributed by atoms with Crippen LogP contribution in [0.2, 0.25) is 0 Å². The second kappa shape index (κ2) is 6.59. The Balaban J connectivity index is 2.61. The van der Waals surface area contributed by atoms with Gasteiger partial charge in [-0.1, -0.05) is 32.9 Å². The maximum Gasteiger partial charge on any atom is 0.209 e. The number of hydrogen-bond donors (Lipinski definition) is 1. The first-order valence-corrected chi connectivity index (χ1v) is 8.55. The fourth-order valence-electron chi connectivity index (χ4n) is 1.96. The highest BCUT2D eigenvalue weighted by Crippen LogP contribution is 2.32. The Morgan fingerprint density at radius 1 is 1.20 bits per heavy atom. The predicted octanol–water partition coefficient (Wildman–Crippen LogP) is 2.74. The topological polar surface area (TPSA) is 69.4 Å². The third-order valence-electron chi connectivity index (χ3n) is 3.03. The minimum atomic E-state index is -3.36. The van der Waals surface area contributed by atoms with Crippen molar-refractivity contribution >= 4 is 10.0 Å². The number of rotatable bonds is 6. The number of ether oxygens (including phenoxy) is 1. The van der Waals surface area contributed by atoms with Crippen LogP contribution in [0.1, 0.15) is 44.7 Å². The van der Waals surface area contributed by atoms with E-state index in [0.29, 0.717) is 19.4 Å². The number of sulfonamides is 1. The van der Waals surface area contributed by atoms with E-state index in [1.807, 2.05) is 13.0 Å². The van der Waals surface area contributed by atoms with Crippen LogP contribution in [0.15, 0.2) is 18.2 Å². The van der Waals surface area contributed by atoms with E-state index in [1.54, 1.807) is 0 Å². The average molecular weight is 299 g/mol. The number of aryl methyl sites for hydroxylation is 1. The normalized spacial score (nSPS) is 12.4. The summed E-state index contributed by atoms with van der Waals surface area (Å²) >= 11 is 0. The lowest BCUT2D eigenvalue weighted by Gasteiger charge is -2.23. The van der Waals surface area contributed by atoms with E-state index < -0.39 is 10.0 Å². The largest absolute Gasteiger partial charge is 0.493 e. The maximum absolute atomic E-state index is 10.8. The van der Waals surface area contributed by atoms with E-state index in [0.717, 1.165) is 16.9 Å². The van der Waals surface area contributed by atoms with Gasteiger partial charge in [-0.3, -0.25) is 0 Å². The first-order chi connectivity index (χ1) is 9.09. The molecule has 0 aromatic heterocycles. The standard InChI is InChI=1S/C15H25NO3S/c1-12-7-8-13(15(2,3)4)14(11-12)19-9-5-6-10-20(16,17)18/h7-8,11H,5-6,9-10H2,1-4H3,(H2,16,17,18). The Morgan fingerprint density at radius 3 is 2.40 bits per heavy atom. The molecule has 0 heterocycles. The van der Waals surface area contributed by atoms with Crippen molar-refractivity contribution in [2.45, 2.75) is 46.0 Å². The molecule has 4 nitrogen and oxygen atoms in total. The summed E-state index contributed by atoms with van der Waals surface area (Å²) in [5.41, 5.74) is 2.33. The van der Waals surface area contributed by atoms with E-state index in [4.69, 9.17) is 9.88 Å². The van der Waals surface area contributed by atoms with Gasteiger partial charge in [0.05, 0.1) is 12.4 Å². The molecule has 0 spiro atoms. The van der Waals surface area contributed by atoms with Crippen LogP contribution in [-0.4, -0.2) is 20.8 Å². The molecule has 0 radical (unpaired) electrons. The minimum absolute atomic E-state index is 0.0102. The van der Waals surface area contributed by atoms with E-state index in [-0.39, 0.29) is 11.2 Å². The van der Waals surface area contributed by atoms with Gasteiger partial charge in [-0.2, -0.15) is 0 Å². The fraction of sp³-hybridized carbons (Fsp3) is 0.600. The zero-order valence-corrected chi connectivity index (χ0v) is 13.6. The minimum Gasteiger partial charge on any atom is -0.493 e. The molecule has 0 aliphatic carbocycles. The van der Waals surface area contributed by atoms with Crippen molar-refractivity contribution < 1.29 is 13.2 Å². The molecule has 0 bridgehead atoms. The molecule has 0 atom stereocenters. The second-order valence-corrected chi connectivity index (χ2v) is 7.91. The van der Waals surface area contributed by atoms with Crippen LogP contribution in [0.5, 0.6) is 5.75 Å². The lowest BCUT2D eigenvalue weighted by Crippen LogP contribution is -2.17. The molecule has 1 rings (SSSR count). The summed E-state index contributed by atoms with van der Waals surface area (Å²) in [7, 11) is -3.36. The van der Waals surface area contributed by atoms with Crippen LogP contribution < -0.4 is 9.88 Å². The van der Waals surface area contributed by atoms with Gasteiger partial charge in [0.1, 0.15) is 5.75 Å². The summed E-state index contributed by atoms with van der Waals surface area (Å²) in [4.78, 5) is 0. The SMILES string of the molecule is Cc1ccc(C(C)(C)C)c(OCCCCS(N)(=O)=O)c1. The zero-order valence-electron chi connectivity index (χ0n) is 12.8. The highest BCUT2D eigenvalue weighted by molar-refractivity contribution is 7.89. The van der Waals surface area contributed by atoms with E-state index in [9.17, 15) is 8.42 Å². The van der Waals surface area contributed by atoms with Crippen LogP contribution in [0.25, 0.3) is 0 Å². The Morgan fingerprint density at radius 2 is 1.85 bits per heavy atom. The van der Waals surface area contributed by atoms with Gasteiger partial charge in [-0.15, -0.1) is 0 Å². The third kappa shape index (κ3) is 5.92. The van der Waals surface area contributed by atoms with E-state index in [2.05, 4.69) is 32.9 Å². The van der Waals surface area contributed by atoms with Gasteiger partial charge in [-0.25, -0.2) is 13.6 Å². The van der Waals surface area contributed by atoms with Crippen molar-refractivity contribution in [3.8, 4) is 5.75 Å². The maximum atomic E-state index is 10.8. The molecule has 0 unspecified atom stereocenters. The van der Waals surface area contributed by atoms with Crippen LogP contribution in [-0.2, 0) is 15.4 Å². The Labute approximate surface area is 122 Å². The van der Waals surface area contributed by atoms with Crippen molar-refractivity contribution in [2.75, 3.05) is 12.4 Å². The summed E-state index contributed by atoms with van der Waals surface area (Å²) in [6.45, 7) is 8.96. The lowest BCUT2D eigenvalue weighted by atomic mass is 9.86. The average Bonchev–Trinajstić information content (AvgIpc) is 2.25. The van der Waals surface area contributed by atoms with Gasteiger partial charge < -0.3 is 4.74 Å². The van der Waals surface area contributed by atoms with Gasteiger partial charge in [-0.05, 0) is 42.4 Å². The van der Waals surface area contributed by atoms with Crippen LogP contribution in [0.3, 0.4) is 0 Å². The summed E-state index contributed by atoms with van der Waals surface area (Å²) in [6, 6.07) is 6.20. The first kappa shape index (κ1) is 17.0. The molecule has 1 aromatic carbocycles. The summed E-state index contributed by atoms with van der Waals surface area (Å²) < 4.78 is 27.5. The van der Waals surface area contributed by atoms with Gasteiger partial charge in [0.15, 0.2) is 0 Å². The molecule has 0 fully saturated rings. The molecule has 0 aliphatic heterocycles. The van der Waals surface area contributed by atoms with Gasteiger partial charge >= 0.3 is 0 Å². The number of nitrogens with two attached hydrogens (primary N) is 1. The van der Waals surface area contributed by atoms with Crippen molar-refractivity contribution in [3.05, 3.63) is 29.3 Å². The lowest BCUT2D eigenvalue weighted by molar-refractivity contribution is 0.301. The highest BCUT2D eigenvalue weighted by atomic mass is 32.2. The molecule has 2 N–H and O–H groups in total. The summed E-state index contributed by atoms with van der Waals surface area (Å²) in [6.07, 6.45) is 1.20. The molecule has 0 aliphatic rings. The van der Waals surface area contributed by atoms with Gasteiger partial charge in [0, 0.05) is 0 Å². The molecule has 5 heteroatoms. The number of hydrogen-bond acceptors (Lipinski definition) is 3. The Hall–Kier alpha value is -1.07. The van der Waals surface area contributed by atoms with Crippen molar-refractivity contribution in [1.82, 2.24) is 0 Å². The monoisotopic (exact) mass is 299 g/mol. The number of unbranched alkanes of at least 4 members (excludes halogenated alkanes) is 1. The quantitative estimate of drug-likeness (QED) is 0.821. The molecule has 0 saturated carbocycles. The first-order valence-electron chi connectivity index (χ1n) is 6.84. The second-order valence-electron chi connectivity index (χ2n) is 6.17. The molecule has 0 amide bonds. The molecule has 20 heavy (non-hydrogen) atoms. The Kier molecular flexibility index (Phi) is 5.59. The zero-order chi connectivity index (χ0) is 15.4. The number of benzene rings is 1. The number of primary sulfonamides is 1. The molecule has 1 aromatic rings. The van der Waals surface area contributed by atoms with Crippen LogP contribution in [0.4, 0.5) is 0 Å². The highest BCUT2D eigenvalue weighted by Gasteiger charge is 2.18. The van der Waals surface area contributed by atoms with Gasteiger partial charge in [0.2, 0.25) is 10.0 Å². The predicted molar refractivity (Wildman–Crippen MR) is 82.6 cm³/mol. The van der Waals surface area contributed by atoms with Crippen LogP contribution >= 0.6 is 0 Å². The van der Waals surface area contributed by atoms with Crippen molar-refractivity contribution in [2.24, 2.45) is 5.14 Å². The molecular formula is C15H25NO3S. The van der Waals surface area contributed by atoms with Crippen molar-refractivity contribution in [3.63, 3.8) is 0 Å². The van der Waals surface area contributed by atoms with Crippen molar-refractivity contribution in [1.29, 1.82) is 0 Å². The summed E-state index contributed by atoms with van der Waals surface area (Å²) in [5, 5.41) is 4.96. The fourth-order valence-corrected chi connectivity index (χ4v) is 2.56. The van der Waals surface area contributed by atoms with E-state index >= 15 is 0 Å². The molecular weight excluding hydrogens is 274 g/mol. The van der Waals surface area contributed by atoms with Crippen LogP contribution in [0, 0.1) is 6.92 Å². The molecule has 0 saturated heterocycles.